The fraction of sp³-hybridized carbons (Fsp3) is 0.500. The van der Waals surface area contributed by atoms with Crippen LogP contribution in [0.4, 0.5) is 0 Å². The van der Waals surface area contributed by atoms with E-state index in [2.05, 4.69) is 39.1 Å². The molecule has 1 aromatic carbocycles. The lowest BCUT2D eigenvalue weighted by atomic mass is 10.1. The normalized spacial score (nSPS) is 21.0. The molecular weight excluding hydrogens is 323 g/mol. The minimum atomic E-state index is 0. The van der Waals surface area contributed by atoms with Crippen LogP contribution in [0.15, 0.2) is 22.7 Å². The van der Waals surface area contributed by atoms with Gasteiger partial charge in [-0.15, -0.1) is 12.4 Å². The molecule has 17 heavy (non-hydrogen) atoms. The highest BCUT2D eigenvalue weighted by Gasteiger charge is 2.15. The molecule has 1 N–H and O–H groups in total. The standard InChI is InChI=1S/C12H16BrClN2.ClH/c1-9-7-16(5-4-15-9)8-10-2-3-11(13)12(14)6-10;/h2-3,6,9,15H,4-5,7-8H2,1H3;1H/t9-;/m0./s1. The Morgan fingerprint density at radius 3 is 2.94 bits per heavy atom. The lowest BCUT2D eigenvalue weighted by Crippen LogP contribution is -2.48. The van der Waals surface area contributed by atoms with E-state index < -0.39 is 0 Å². The van der Waals surface area contributed by atoms with Crippen LogP contribution in [0.3, 0.4) is 0 Å². The molecule has 2 nitrogen and oxygen atoms in total. The summed E-state index contributed by atoms with van der Waals surface area (Å²) in [5.41, 5.74) is 1.28. The second kappa shape index (κ2) is 6.95. The van der Waals surface area contributed by atoms with Crippen molar-refractivity contribution in [2.45, 2.75) is 19.5 Å². The molecule has 1 aliphatic rings. The van der Waals surface area contributed by atoms with E-state index in [9.17, 15) is 0 Å². The molecule has 1 heterocycles. The molecule has 1 saturated heterocycles. The predicted octanol–water partition coefficient (Wildman–Crippen LogP) is 3.32. The molecule has 0 bridgehead atoms. The first-order chi connectivity index (χ1) is 7.65. The van der Waals surface area contributed by atoms with Crippen LogP contribution in [0, 0.1) is 0 Å². The summed E-state index contributed by atoms with van der Waals surface area (Å²) in [6.07, 6.45) is 0. The number of halogens is 3. The van der Waals surface area contributed by atoms with Crippen molar-refractivity contribution in [3.63, 3.8) is 0 Å². The summed E-state index contributed by atoms with van der Waals surface area (Å²) in [5.74, 6) is 0. The molecule has 1 atom stereocenters. The number of rotatable bonds is 2. The molecule has 0 radical (unpaired) electrons. The van der Waals surface area contributed by atoms with Gasteiger partial charge >= 0.3 is 0 Å². The van der Waals surface area contributed by atoms with E-state index in [1.807, 2.05) is 12.1 Å². The minimum absolute atomic E-state index is 0. The molecular formula is C12H17BrCl2N2. The number of benzene rings is 1. The first kappa shape index (κ1) is 15.3. The zero-order valence-corrected chi connectivity index (χ0v) is 12.9. The number of piperazine rings is 1. The van der Waals surface area contributed by atoms with Gasteiger partial charge in [0, 0.05) is 36.7 Å². The van der Waals surface area contributed by atoms with Crippen LogP contribution in [0.2, 0.25) is 5.02 Å². The van der Waals surface area contributed by atoms with Gasteiger partial charge in [0.05, 0.1) is 5.02 Å². The molecule has 0 amide bonds. The van der Waals surface area contributed by atoms with Crippen molar-refractivity contribution < 1.29 is 0 Å². The van der Waals surface area contributed by atoms with Gasteiger partial charge in [0.25, 0.3) is 0 Å². The molecule has 2 rings (SSSR count). The Labute approximate surface area is 122 Å². The maximum Gasteiger partial charge on any atom is 0.0551 e. The molecule has 1 fully saturated rings. The monoisotopic (exact) mass is 338 g/mol. The van der Waals surface area contributed by atoms with Crippen molar-refractivity contribution in [1.82, 2.24) is 10.2 Å². The average molecular weight is 340 g/mol. The van der Waals surface area contributed by atoms with Gasteiger partial charge in [0.2, 0.25) is 0 Å². The van der Waals surface area contributed by atoms with E-state index in [-0.39, 0.29) is 12.4 Å². The average Bonchev–Trinajstić information content (AvgIpc) is 2.24. The fourth-order valence-corrected chi connectivity index (χ4v) is 2.50. The van der Waals surface area contributed by atoms with Crippen LogP contribution >= 0.6 is 39.9 Å². The largest absolute Gasteiger partial charge is 0.312 e. The quantitative estimate of drug-likeness (QED) is 0.889. The van der Waals surface area contributed by atoms with Crippen molar-refractivity contribution in [3.8, 4) is 0 Å². The first-order valence-corrected chi connectivity index (χ1v) is 6.72. The summed E-state index contributed by atoms with van der Waals surface area (Å²) in [7, 11) is 0. The smallest absolute Gasteiger partial charge is 0.0551 e. The Balaban J connectivity index is 0.00000144. The van der Waals surface area contributed by atoms with Crippen molar-refractivity contribution in [3.05, 3.63) is 33.3 Å². The highest BCUT2D eigenvalue weighted by atomic mass is 79.9. The van der Waals surface area contributed by atoms with E-state index in [4.69, 9.17) is 11.6 Å². The SMILES string of the molecule is C[C@H]1CN(Cc2ccc(Br)c(Cl)c2)CCN1.Cl. The second-order valence-electron chi connectivity index (χ2n) is 4.34. The number of hydrogen-bond acceptors (Lipinski definition) is 2. The van der Waals surface area contributed by atoms with E-state index in [1.54, 1.807) is 0 Å². The second-order valence-corrected chi connectivity index (χ2v) is 5.60. The van der Waals surface area contributed by atoms with Gasteiger partial charge in [-0.1, -0.05) is 17.7 Å². The van der Waals surface area contributed by atoms with Gasteiger partial charge in [-0.05, 0) is 40.5 Å². The van der Waals surface area contributed by atoms with Gasteiger partial charge in [-0.25, -0.2) is 0 Å². The van der Waals surface area contributed by atoms with E-state index in [0.717, 1.165) is 35.7 Å². The Kier molecular flexibility index (Phi) is 6.24. The first-order valence-electron chi connectivity index (χ1n) is 5.55. The van der Waals surface area contributed by atoms with Crippen molar-refractivity contribution >= 4 is 39.9 Å². The number of nitrogens with zero attached hydrogens (tertiary/aromatic N) is 1. The van der Waals surface area contributed by atoms with Crippen LogP contribution in [-0.4, -0.2) is 30.6 Å². The fourth-order valence-electron chi connectivity index (χ4n) is 2.05. The molecule has 96 valence electrons. The molecule has 5 heteroatoms. The third-order valence-corrected chi connectivity index (χ3v) is 4.08. The van der Waals surface area contributed by atoms with Crippen LogP contribution in [0.5, 0.6) is 0 Å². The zero-order valence-electron chi connectivity index (χ0n) is 9.75. The van der Waals surface area contributed by atoms with Crippen LogP contribution in [-0.2, 0) is 6.54 Å². The maximum absolute atomic E-state index is 6.08. The molecule has 1 aliphatic heterocycles. The maximum atomic E-state index is 6.08. The molecule has 0 unspecified atom stereocenters. The summed E-state index contributed by atoms with van der Waals surface area (Å²) in [6.45, 7) is 6.50. The zero-order chi connectivity index (χ0) is 11.5. The molecule has 1 aromatic rings. The third-order valence-electron chi connectivity index (χ3n) is 2.84. The van der Waals surface area contributed by atoms with E-state index >= 15 is 0 Å². The van der Waals surface area contributed by atoms with Crippen LogP contribution in [0.1, 0.15) is 12.5 Å². The highest BCUT2D eigenvalue weighted by Crippen LogP contribution is 2.23. The van der Waals surface area contributed by atoms with E-state index in [0.29, 0.717) is 6.04 Å². The Bertz CT molecular complexity index is 374. The minimum Gasteiger partial charge on any atom is -0.312 e. The van der Waals surface area contributed by atoms with Gasteiger partial charge in [-0.3, -0.25) is 4.90 Å². The molecule has 0 saturated carbocycles. The molecule has 0 aromatic heterocycles. The molecule has 0 spiro atoms. The van der Waals surface area contributed by atoms with Crippen molar-refractivity contribution in [1.29, 1.82) is 0 Å². The Morgan fingerprint density at radius 1 is 1.53 bits per heavy atom. The van der Waals surface area contributed by atoms with E-state index in [1.165, 1.54) is 5.56 Å². The van der Waals surface area contributed by atoms with Crippen LogP contribution < -0.4 is 5.32 Å². The lowest BCUT2D eigenvalue weighted by Gasteiger charge is -2.31. The number of nitrogens with one attached hydrogen (secondary N) is 1. The van der Waals surface area contributed by atoms with Crippen LogP contribution in [0.25, 0.3) is 0 Å². The summed E-state index contributed by atoms with van der Waals surface area (Å²) >= 11 is 9.49. The topological polar surface area (TPSA) is 15.3 Å². The van der Waals surface area contributed by atoms with Crippen molar-refractivity contribution in [2.24, 2.45) is 0 Å². The number of hydrogen-bond donors (Lipinski definition) is 1. The summed E-state index contributed by atoms with van der Waals surface area (Å²) < 4.78 is 0.964. The third kappa shape index (κ3) is 4.42. The Hall–Kier alpha value is 0.200. The van der Waals surface area contributed by atoms with Gasteiger partial charge in [-0.2, -0.15) is 0 Å². The molecule has 0 aliphatic carbocycles. The van der Waals surface area contributed by atoms with Gasteiger partial charge in [0.15, 0.2) is 0 Å². The summed E-state index contributed by atoms with van der Waals surface area (Å²) in [5, 5.41) is 4.24. The summed E-state index contributed by atoms with van der Waals surface area (Å²) in [6, 6.07) is 6.77. The lowest BCUT2D eigenvalue weighted by molar-refractivity contribution is 0.199. The Morgan fingerprint density at radius 2 is 2.29 bits per heavy atom. The summed E-state index contributed by atoms with van der Waals surface area (Å²) in [4.78, 5) is 2.46. The van der Waals surface area contributed by atoms with Gasteiger partial charge < -0.3 is 5.32 Å². The highest BCUT2D eigenvalue weighted by molar-refractivity contribution is 9.10. The van der Waals surface area contributed by atoms with Gasteiger partial charge in [0.1, 0.15) is 0 Å². The predicted molar refractivity (Wildman–Crippen MR) is 79.1 cm³/mol. The van der Waals surface area contributed by atoms with Crippen molar-refractivity contribution in [2.75, 3.05) is 19.6 Å².